The lowest BCUT2D eigenvalue weighted by Gasteiger charge is -2.07. The van der Waals surface area contributed by atoms with Crippen molar-refractivity contribution in [2.45, 2.75) is 19.9 Å². The highest BCUT2D eigenvalue weighted by molar-refractivity contribution is 5.91. The lowest BCUT2D eigenvalue weighted by atomic mass is 10.3. The van der Waals surface area contributed by atoms with Crippen LogP contribution < -0.4 is 5.32 Å². The third-order valence-electron chi connectivity index (χ3n) is 1.82. The zero-order valence-electron chi connectivity index (χ0n) is 8.86. The molecule has 1 aromatic heterocycles. The first-order valence-corrected chi connectivity index (χ1v) is 4.77. The molecule has 0 aromatic carbocycles. The Morgan fingerprint density at radius 1 is 1.67 bits per heavy atom. The highest BCUT2D eigenvalue weighted by atomic mass is 16.3. The van der Waals surface area contributed by atoms with Gasteiger partial charge in [-0.1, -0.05) is 0 Å². The highest BCUT2D eigenvalue weighted by Crippen LogP contribution is 2.07. The van der Waals surface area contributed by atoms with Gasteiger partial charge in [-0.25, -0.2) is 0 Å². The minimum Gasteiger partial charge on any atom is -0.462 e. The Morgan fingerprint density at radius 3 is 2.93 bits per heavy atom. The summed E-state index contributed by atoms with van der Waals surface area (Å²) in [5.41, 5.74) is 0. The number of aliphatic hydroxyl groups is 1. The van der Waals surface area contributed by atoms with Crippen LogP contribution in [0, 0.1) is 6.92 Å². The number of amides is 1. The second kappa shape index (κ2) is 5.36. The number of aliphatic hydroxyl groups excluding tert-OH is 1. The Labute approximate surface area is 88.6 Å². The number of hydrogen-bond donors (Lipinski definition) is 2. The van der Waals surface area contributed by atoms with Gasteiger partial charge in [0.1, 0.15) is 11.5 Å². The van der Waals surface area contributed by atoms with E-state index in [1.807, 2.05) is 13.0 Å². The predicted octanol–water partition coefficient (Wildman–Crippen LogP) is 1.10. The second-order valence-corrected chi connectivity index (χ2v) is 3.37. The van der Waals surface area contributed by atoms with Gasteiger partial charge in [0.15, 0.2) is 0 Å². The van der Waals surface area contributed by atoms with Gasteiger partial charge in [-0.2, -0.15) is 0 Å². The van der Waals surface area contributed by atoms with Gasteiger partial charge >= 0.3 is 0 Å². The van der Waals surface area contributed by atoms with Crippen LogP contribution in [0.2, 0.25) is 0 Å². The molecule has 0 radical (unpaired) electrons. The van der Waals surface area contributed by atoms with E-state index < -0.39 is 0 Å². The molecule has 1 atom stereocenters. The van der Waals surface area contributed by atoms with Crippen LogP contribution in [0.5, 0.6) is 0 Å². The molecule has 1 rings (SSSR count). The van der Waals surface area contributed by atoms with Crippen LogP contribution in [-0.4, -0.2) is 23.7 Å². The number of hydrogen-bond acceptors (Lipinski definition) is 3. The van der Waals surface area contributed by atoms with Gasteiger partial charge in [0.25, 0.3) is 0 Å². The van der Waals surface area contributed by atoms with Crippen molar-refractivity contribution < 1.29 is 14.3 Å². The number of furan rings is 1. The largest absolute Gasteiger partial charge is 0.462 e. The summed E-state index contributed by atoms with van der Waals surface area (Å²) in [5, 5.41) is 11.3. The van der Waals surface area contributed by atoms with E-state index in [4.69, 9.17) is 9.52 Å². The molecule has 15 heavy (non-hydrogen) atoms. The van der Waals surface area contributed by atoms with Crippen molar-refractivity contribution in [3.63, 3.8) is 0 Å². The average molecular weight is 209 g/mol. The van der Waals surface area contributed by atoms with Crippen LogP contribution in [0.4, 0.5) is 0 Å². The number of aryl methyl sites for hydroxylation is 1. The quantitative estimate of drug-likeness (QED) is 0.730. The molecule has 1 heterocycles. The van der Waals surface area contributed by atoms with Crippen LogP contribution in [0.1, 0.15) is 18.4 Å². The summed E-state index contributed by atoms with van der Waals surface area (Å²) in [5.74, 6) is 1.20. The maximum absolute atomic E-state index is 11.2. The fraction of sp³-hybridized carbons (Fsp3) is 0.364. The molecule has 4 heteroatoms. The summed E-state index contributed by atoms with van der Waals surface area (Å²) in [7, 11) is 0. The third kappa shape index (κ3) is 3.99. The molecule has 1 amide bonds. The molecule has 0 aliphatic heterocycles. The Kier molecular flexibility index (Phi) is 4.12. The van der Waals surface area contributed by atoms with E-state index in [9.17, 15) is 4.79 Å². The van der Waals surface area contributed by atoms with Crippen LogP contribution >= 0.6 is 0 Å². The molecule has 0 saturated heterocycles. The molecule has 0 aliphatic rings. The van der Waals surface area contributed by atoms with Crippen LogP contribution in [0.25, 0.3) is 6.08 Å². The molecule has 0 unspecified atom stereocenters. The first-order chi connectivity index (χ1) is 7.11. The molecule has 0 saturated carbocycles. The van der Waals surface area contributed by atoms with Gasteiger partial charge in [-0.3, -0.25) is 4.79 Å². The van der Waals surface area contributed by atoms with E-state index >= 15 is 0 Å². The van der Waals surface area contributed by atoms with Gasteiger partial charge < -0.3 is 14.8 Å². The molecular formula is C11H15NO3. The number of carbonyl (C=O) groups excluding carboxylic acids is 1. The first kappa shape index (κ1) is 11.5. The lowest BCUT2D eigenvalue weighted by Crippen LogP contribution is -2.33. The van der Waals surface area contributed by atoms with Crippen molar-refractivity contribution in [2.75, 3.05) is 6.61 Å². The van der Waals surface area contributed by atoms with Crippen molar-refractivity contribution in [3.8, 4) is 0 Å². The van der Waals surface area contributed by atoms with E-state index in [1.54, 1.807) is 19.1 Å². The summed E-state index contributed by atoms with van der Waals surface area (Å²) in [4.78, 5) is 11.2. The zero-order valence-corrected chi connectivity index (χ0v) is 8.86. The molecule has 1 aromatic rings. The maximum atomic E-state index is 11.2. The number of carbonyl (C=O) groups is 1. The normalized spacial score (nSPS) is 13.0. The predicted molar refractivity (Wildman–Crippen MR) is 57.2 cm³/mol. The average Bonchev–Trinajstić information content (AvgIpc) is 2.61. The van der Waals surface area contributed by atoms with Crippen molar-refractivity contribution in [3.05, 3.63) is 29.7 Å². The topological polar surface area (TPSA) is 62.5 Å². The second-order valence-electron chi connectivity index (χ2n) is 3.37. The summed E-state index contributed by atoms with van der Waals surface area (Å²) in [6.07, 6.45) is 2.97. The van der Waals surface area contributed by atoms with Crippen molar-refractivity contribution >= 4 is 12.0 Å². The summed E-state index contributed by atoms with van der Waals surface area (Å²) in [6.45, 7) is 3.49. The zero-order chi connectivity index (χ0) is 11.3. The Bertz CT molecular complexity index is 354. The molecule has 4 nitrogen and oxygen atoms in total. The van der Waals surface area contributed by atoms with Crippen LogP contribution in [0.15, 0.2) is 22.6 Å². The summed E-state index contributed by atoms with van der Waals surface area (Å²) in [6, 6.07) is 3.38. The number of nitrogens with one attached hydrogen (secondary N) is 1. The molecule has 0 spiro atoms. The van der Waals surface area contributed by atoms with Crippen LogP contribution in [0.3, 0.4) is 0 Å². The highest BCUT2D eigenvalue weighted by Gasteiger charge is 2.02. The SMILES string of the molecule is Cc1ccc(C=CC(=O)N[C@H](C)CO)o1. The minimum atomic E-state index is -0.245. The Morgan fingerprint density at radius 2 is 2.40 bits per heavy atom. The van der Waals surface area contributed by atoms with Gasteiger partial charge in [0, 0.05) is 12.1 Å². The molecule has 2 N–H and O–H groups in total. The van der Waals surface area contributed by atoms with E-state index in [1.165, 1.54) is 6.08 Å². The van der Waals surface area contributed by atoms with Crippen molar-refractivity contribution in [1.82, 2.24) is 5.32 Å². The fourth-order valence-corrected chi connectivity index (χ4v) is 1.04. The van der Waals surface area contributed by atoms with Gasteiger partial charge in [0.05, 0.1) is 6.61 Å². The standard InChI is InChI=1S/C11H15NO3/c1-8(7-13)12-11(14)6-5-10-4-3-9(2)15-10/h3-6,8,13H,7H2,1-2H3,(H,12,14)/t8-/m1/s1. The maximum Gasteiger partial charge on any atom is 0.244 e. The first-order valence-electron chi connectivity index (χ1n) is 4.77. The summed E-state index contributed by atoms with van der Waals surface area (Å²) >= 11 is 0. The Hall–Kier alpha value is -1.55. The molecule has 0 bridgehead atoms. The molecule has 82 valence electrons. The molecule has 0 fully saturated rings. The van der Waals surface area contributed by atoms with Gasteiger partial charge in [0.2, 0.25) is 5.91 Å². The number of rotatable bonds is 4. The van der Waals surface area contributed by atoms with Gasteiger partial charge in [-0.15, -0.1) is 0 Å². The van der Waals surface area contributed by atoms with E-state index in [0.717, 1.165) is 5.76 Å². The lowest BCUT2D eigenvalue weighted by molar-refractivity contribution is -0.117. The monoisotopic (exact) mass is 209 g/mol. The molecular weight excluding hydrogens is 194 g/mol. The minimum absolute atomic E-state index is 0.0700. The third-order valence-corrected chi connectivity index (χ3v) is 1.82. The fourth-order valence-electron chi connectivity index (χ4n) is 1.04. The van der Waals surface area contributed by atoms with E-state index in [-0.39, 0.29) is 18.6 Å². The van der Waals surface area contributed by atoms with Crippen molar-refractivity contribution in [2.24, 2.45) is 0 Å². The van der Waals surface area contributed by atoms with E-state index in [2.05, 4.69) is 5.32 Å². The summed E-state index contributed by atoms with van der Waals surface area (Å²) < 4.78 is 5.25. The Balaban J connectivity index is 2.47. The molecule has 0 aliphatic carbocycles. The van der Waals surface area contributed by atoms with Gasteiger partial charge in [-0.05, 0) is 32.1 Å². The van der Waals surface area contributed by atoms with Crippen LogP contribution in [-0.2, 0) is 4.79 Å². The van der Waals surface area contributed by atoms with E-state index in [0.29, 0.717) is 5.76 Å². The van der Waals surface area contributed by atoms with Crippen molar-refractivity contribution in [1.29, 1.82) is 0 Å². The smallest absolute Gasteiger partial charge is 0.244 e.